The molecular weight excluding hydrogens is 1210 g/mol. The van der Waals surface area contributed by atoms with Crippen molar-refractivity contribution in [2.45, 2.75) is 77.0 Å². The molecule has 0 spiro atoms. The van der Waals surface area contributed by atoms with Crippen molar-refractivity contribution in [1.29, 1.82) is 0 Å². The second kappa shape index (κ2) is 24.0. The Morgan fingerprint density at radius 3 is 0.870 bits per heavy atom. The molecule has 2 aliphatic carbocycles. The number of nitrogens with zero attached hydrogens (tertiary/aromatic N) is 6. The van der Waals surface area contributed by atoms with E-state index in [1.54, 1.807) is 0 Å². The van der Waals surface area contributed by atoms with E-state index >= 15 is 0 Å². The van der Waals surface area contributed by atoms with Crippen LogP contribution in [0.5, 0.6) is 0 Å². The molecule has 0 bridgehead atoms. The van der Waals surface area contributed by atoms with E-state index in [2.05, 4.69) is 237 Å². The van der Waals surface area contributed by atoms with Crippen LogP contribution in [0.2, 0.25) is 0 Å². The summed E-state index contributed by atoms with van der Waals surface area (Å²) in [5.41, 5.74) is 21.3. The lowest BCUT2D eigenvalue weighted by Crippen LogP contribution is -2.43. The summed E-state index contributed by atoms with van der Waals surface area (Å²) in [6.45, 7) is 19.3. The van der Waals surface area contributed by atoms with Crippen molar-refractivity contribution in [2.75, 3.05) is 0 Å². The van der Waals surface area contributed by atoms with E-state index in [9.17, 15) is 0 Å². The number of hydrogen-bond donors (Lipinski definition) is 0. The van der Waals surface area contributed by atoms with Crippen molar-refractivity contribution in [3.63, 3.8) is 0 Å². The number of aromatic nitrogens is 6. The molecule has 14 aromatic carbocycles. The van der Waals surface area contributed by atoms with E-state index in [0.29, 0.717) is 34.9 Å². The molecule has 100 heavy (non-hydrogen) atoms. The normalized spacial score (nSPS) is 14.3. The molecule has 0 aliphatic heterocycles. The molecule has 0 saturated heterocycles. The van der Waals surface area contributed by atoms with Gasteiger partial charge >= 0.3 is 0 Å². The van der Waals surface area contributed by atoms with Crippen molar-refractivity contribution >= 4 is 43.1 Å². The predicted octanol–water partition coefficient (Wildman–Crippen LogP) is 24.2. The summed E-state index contributed by atoms with van der Waals surface area (Å²) in [5.74, 6) is 3.97. The SMILES string of the molecule is CC1(C)c2ccccc2-c2ccc3ccc4cc(-c5ccc(-c6nc(-c7ccccc7)nc(-c7ccccc7)n6)cc5)ccc4c3c2C1(C)C.CC1(C)c2ccccc2-c2ccc3ccc4cc(-c5cccc(-c6nc(-c7ccccc7)nc(-c7ccccc7)n6)c5)ccc4c3c2C1(C)C. The van der Waals surface area contributed by atoms with Gasteiger partial charge in [-0.1, -0.05) is 341 Å². The molecule has 0 saturated carbocycles. The maximum Gasteiger partial charge on any atom is 0.164 e. The molecule has 0 fully saturated rings. The van der Waals surface area contributed by atoms with Gasteiger partial charge in [0.2, 0.25) is 0 Å². The van der Waals surface area contributed by atoms with Crippen LogP contribution in [0.15, 0.2) is 303 Å². The van der Waals surface area contributed by atoms with Crippen LogP contribution in [0, 0.1) is 0 Å². The summed E-state index contributed by atoms with van der Waals surface area (Å²) in [6.07, 6.45) is 0. The van der Waals surface area contributed by atoms with E-state index < -0.39 is 0 Å². The first-order chi connectivity index (χ1) is 48.6. The van der Waals surface area contributed by atoms with Gasteiger partial charge in [-0.2, -0.15) is 0 Å². The average Bonchev–Trinajstić information content (AvgIpc) is 0.704. The molecule has 0 unspecified atom stereocenters. The van der Waals surface area contributed by atoms with Gasteiger partial charge in [-0.3, -0.25) is 0 Å². The molecule has 0 radical (unpaired) electrons. The third-order valence-electron chi connectivity index (χ3n) is 22.5. The minimum absolute atomic E-state index is 0.0308. The van der Waals surface area contributed by atoms with Gasteiger partial charge in [-0.25, -0.2) is 29.9 Å². The summed E-state index contributed by atoms with van der Waals surface area (Å²) >= 11 is 0. The summed E-state index contributed by atoms with van der Waals surface area (Å²) in [5, 5.41) is 10.4. The zero-order chi connectivity index (χ0) is 68.1. The number of benzene rings is 14. The summed E-state index contributed by atoms with van der Waals surface area (Å²) in [7, 11) is 0. The lowest BCUT2D eigenvalue weighted by atomic mass is 9.54. The maximum atomic E-state index is 4.98. The van der Waals surface area contributed by atoms with Crippen LogP contribution in [0.3, 0.4) is 0 Å². The highest BCUT2D eigenvalue weighted by atomic mass is 15.0. The van der Waals surface area contributed by atoms with Crippen molar-refractivity contribution in [1.82, 2.24) is 29.9 Å². The van der Waals surface area contributed by atoms with Gasteiger partial charge in [0.15, 0.2) is 34.9 Å². The van der Waals surface area contributed by atoms with Gasteiger partial charge in [0, 0.05) is 44.2 Å². The van der Waals surface area contributed by atoms with E-state index in [-0.39, 0.29) is 21.7 Å². The van der Waals surface area contributed by atoms with Crippen LogP contribution in [0.25, 0.3) is 156 Å². The molecule has 2 heterocycles. The molecule has 0 amide bonds. The van der Waals surface area contributed by atoms with Crippen LogP contribution < -0.4 is 0 Å². The Bertz CT molecular complexity index is 5760. The van der Waals surface area contributed by atoms with Gasteiger partial charge < -0.3 is 0 Å². The van der Waals surface area contributed by atoms with E-state index in [1.807, 2.05) is 121 Å². The van der Waals surface area contributed by atoms with Crippen LogP contribution in [-0.4, -0.2) is 29.9 Å². The smallest absolute Gasteiger partial charge is 0.164 e. The fourth-order valence-corrected chi connectivity index (χ4v) is 15.8. The molecule has 480 valence electrons. The zero-order valence-electron chi connectivity index (χ0n) is 57.6. The molecule has 6 heteroatoms. The second-order valence-electron chi connectivity index (χ2n) is 29.0. The largest absolute Gasteiger partial charge is 0.208 e. The summed E-state index contributed by atoms with van der Waals surface area (Å²) < 4.78 is 0. The highest BCUT2D eigenvalue weighted by Gasteiger charge is 2.48. The Labute approximate surface area is 584 Å². The molecule has 18 rings (SSSR count). The monoisotopic (exact) mass is 1290 g/mol. The second-order valence-corrected chi connectivity index (χ2v) is 29.0. The van der Waals surface area contributed by atoms with Gasteiger partial charge in [0.1, 0.15) is 0 Å². The summed E-state index contributed by atoms with van der Waals surface area (Å²) in [4.78, 5) is 29.5. The maximum absolute atomic E-state index is 4.98. The first kappa shape index (κ1) is 61.7. The number of fused-ring (bicyclic) bond motifs is 14. The Morgan fingerprint density at radius 2 is 0.470 bits per heavy atom. The minimum Gasteiger partial charge on any atom is -0.208 e. The topological polar surface area (TPSA) is 77.3 Å². The van der Waals surface area contributed by atoms with E-state index in [0.717, 1.165) is 50.1 Å². The molecular formula is C94H74N6. The van der Waals surface area contributed by atoms with Crippen molar-refractivity contribution in [2.24, 2.45) is 0 Å². The fourth-order valence-electron chi connectivity index (χ4n) is 15.8. The zero-order valence-corrected chi connectivity index (χ0v) is 57.6. The van der Waals surface area contributed by atoms with E-state index in [4.69, 9.17) is 29.9 Å². The molecule has 2 aliphatic rings. The highest BCUT2D eigenvalue weighted by molar-refractivity contribution is 6.14. The summed E-state index contributed by atoms with van der Waals surface area (Å²) in [6, 6.07) is 108. The quantitative estimate of drug-likeness (QED) is 0.141. The lowest BCUT2D eigenvalue weighted by molar-refractivity contribution is 0.301. The lowest BCUT2D eigenvalue weighted by Gasteiger charge is -2.49. The minimum atomic E-state index is -0.0841. The molecule has 16 aromatic rings. The molecule has 2 aromatic heterocycles. The first-order valence-corrected chi connectivity index (χ1v) is 34.7. The van der Waals surface area contributed by atoms with Gasteiger partial charge in [0.05, 0.1) is 0 Å². The Balaban J connectivity index is 0.000000150. The predicted molar refractivity (Wildman–Crippen MR) is 416 cm³/mol. The third kappa shape index (κ3) is 10.3. The van der Waals surface area contributed by atoms with Crippen LogP contribution >= 0.6 is 0 Å². The number of rotatable bonds is 8. The van der Waals surface area contributed by atoms with Crippen molar-refractivity contribution in [3.8, 4) is 113 Å². The van der Waals surface area contributed by atoms with Crippen molar-refractivity contribution in [3.05, 3.63) is 326 Å². The van der Waals surface area contributed by atoms with Crippen LogP contribution in [-0.2, 0) is 21.7 Å². The molecule has 0 atom stereocenters. The van der Waals surface area contributed by atoms with Gasteiger partial charge in [-0.05, 0) is 139 Å². The third-order valence-corrected chi connectivity index (χ3v) is 22.5. The first-order valence-electron chi connectivity index (χ1n) is 34.7. The number of hydrogen-bond acceptors (Lipinski definition) is 6. The Kier molecular flexibility index (Phi) is 14.8. The van der Waals surface area contributed by atoms with E-state index in [1.165, 1.54) is 93.2 Å². The van der Waals surface area contributed by atoms with Gasteiger partial charge in [-0.15, -0.1) is 0 Å². The highest BCUT2D eigenvalue weighted by Crippen LogP contribution is 2.58. The Morgan fingerprint density at radius 1 is 0.190 bits per heavy atom. The van der Waals surface area contributed by atoms with Crippen molar-refractivity contribution < 1.29 is 0 Å². The van der Waals surface area contributed by atoms with Gasteiger partial charge in [0.25, 0.3) is 0 Å². The average molecular weight is 1290 g/mol. The fraction of sp³-hybridized carbons (Fsp3) is 0.128. The Hall–Kier alpha value is -11.9. The molecule has 6 nitrogen and oxygen atoms in total. The molecule has 0 N–H and O–H groups in total. The standard InChI is InChI=1S/2C47H37N3/c1-46(2)40-21-12-11-20-38(40)39-27-24-30-22-23-35-28-34(25-26-37(35)41(30)42(39)47(46,3)4)33-18-13-19-36(29-33)45-49-43(31-14-7-5-8-15-31)48-44(50-45)32-16-9-6-10-17-32;1-46(2)40-18-12-11-17-38(40)39-28-25-31-21-24-36-29-35(26-27-37(36)41(31)42(39)47(46,3)4)30-19-22-34(23-20-30)45-49-43(32-13-7-5-8-14-32)48-44(50-45)33-15-9-6-10-16-33/h2*5-29H,1-4H3. The van der Waals surface area contributed by atoms with Crippen LogP contribution in [0.1, 0.15) is 77.6 Å². The van der Waals surface area contributed by atoms with Crippen LogP contribution in [0.4, 0.5) is 0 Å².